The molecular formula is C38H50ClN3O10S. The van der Waals surface area contributed by atoms with E-state index in [1.54, 1.807) is 50.3 Å². The molecule has 6 atom stereocenters. The van der Waals surface area contributed by atoms with Crippen LogP contribution in [0.15, 0.2) is 54.6 Å². The SMILES string of the molecule is COc1ccc(C[C@H]2NC(=O)/C=C/C[C@@H]([C@H](C)[C@H]3O[C@@H]3c3ccc(COS(C)(=O)=O)cc3)OC(=O)[C@H](CC(C)C)NC(=O)C(C)(C)CNC2=O)cc1Cl. The number of halogens is 1. The van der Waals surface area contributed by atoms with Crippen molar-refractivity contribution in [3.63, 3.8) is 0 Å². The lowest BCUT2D eigenvalue weighted by molar-refractivity contribution is -0.157. The van der Waals surface area contributed by atoms with Gasteiger partial charge in [0.05, 0.1) is 36.5 Å². The predicted octanol–water partition coefficient (Wildman–Crippen LogP) is 4.17. The third-order valence-corrected chi connectivity index (χ3v) is 10.0. The average molecular weight is 776 g/mol. The highest BCUT2D eigenvalue weighted by atomic mass is 35.5. The van der Waals surface area contributed by atoms with Crippen LogP contribution >= 0.6 is 11.6 Å². The van der Waals surface area contributed by atoms with E-state index in [0.717, 1.165) is 11.8 Å². The van der Waals surface area contributed by atoms with Crippen molar-refractivity contribution < 1.29 is 46.0 Å². The molecule has 2 aliphatic rings. The maximum atomic E-state index is 13.8. The molecular weight excluding hydrogens is 726 g/mol. The molecule has 0 unspecified atom stereocenters. The zero-order valence-corrected chi connectivity index (χ0v) is 32.7. The van der Waals surface area contributed by atoms with Crippen molar-refractivity contribution in [1.82, 2.24) is 16.0 Å². The van der Waals surface area contributed by atoms with Crippen molar-refractivity contribution in [2.24, 2.45) is 17.3 Å². The number of rotatable bonds is 11. The van der Waals surface area contributed by atoms with Gasteiger partial charge in [0.15, 0.2) is 0 Å². The van der Waals surface area contributed by atoms with Crippen LogP contribution in [0.25, 0.3) is 0 Å². The predicted molar refractivity (Wildman–Crippen MR) is 198 cm³/mol. The Kier molecular flexibility index (Phi) is 14.1. The average Bonchev–Trinajstić information content (AvgIpc) is 3.89. The molecule has 0 spiro atoms. The van der Waals surface area contributed by atoms with Crippen LogP contribution in [0.2, 0.25) is 5.02 Å². The minimum Gasteiger partial charge on any atom is -0.495 e. The van der Waals surface area contributed by atoms with E-state index in [-0.39, 0.29) is 50.0 Å². The number of hydrogen-bond donors (Lipinski definition) is 3. The number of carbonyl (C=O) groups excluding carboxylic acids is 4. The first-order valence-corrected chi connectivity index (χ1v) is 19.7. The molecule has 53 heavy (non-hydrogen) atoms. The zero-order valence-electron chi connectivity index (χ0n) is 31.1. The Labute approximate surface area is 316 Å². The number of ether oxygens (including phenoxy) is 3. The minimum absolute atomic E-state index is 0.0369. The molecule has 3 N–H and O–H groups in total. The highest BCUT2D eigenvalue weighted by Gasteiger charge is 2.47. The van der Waals surface area contributed by atoms with Crippen LogP contribution in [0.3, 0.4) is 0 Å². The van der Waals surface area contributed by atoms with E-state index in [1.165, 1.54) is 13.2 Å². The van der Waals surface area contributed by atoms with Crippen molar-refractivity contribution in [1.29, 1.82) is 0 Å². The molecule has 2 heterocycles. The molecule has 2 aromatic rings. The normalized spacial score (nSPS) is 25.4. The van der Waals surface area contributed by atoms with Gasteiger partial charge in [0, 0.05) is 25.3 Å². The van der Waals surface area contributed by atoms with Crippen LogP contribution in [-0.2, 0) is 56.0 Å². The van der Waals surface area contributed by atoms with E-state index >= 15 is 0 Å². The summed E-state index contributed by atoms with van der Waals surface area (Å²) in [5.74, 6) is -1.93. The molecule has 0 aromatic heterocycles. The topological polar surface area (TPSA) is 179 Å². The van der Waals surface area contributed by atoms with E-state index in [9.17, 15) is 27.6 Å². The second kappa shape index (κ2) is 17.9. The Hall–Kier alpha value is -3.98. The van der Waals surface area contributed by atoms with E-state index in [2.05, 4.69) is 16.0 Å². The number of amides is 3. The Morgan fingerprint density at radius 3 is 2.28 bits per heavy atom. The van der Waals surface area contributed by atoms with Gasteiger partial charge in [-0.15, -0.1) is 0 Å². The van der Waals surface area contributed by atoms with Gasteiger partial charge >= 0.3 is 5.97 Å². The number of cyclic esters (lactones) is 1. The second-order valence-corrected chi connectivity index (χ2v) is 16.7. The smallest absolute Gasteiger partial charge is 0.328 e. The monoisotopic (exact) mass is 775 g/mol. The molecule has 1 saturated heterocycles. The molecule has 15 heteroatoms. The minimum atomic E-state index is -3.59. The van der Waals surface area contributed by atoms with Crippen LogP contribution in [0.4, 0.5) is 0 Å². The summed E-state index contributed by atoms with van der Waals surface area (Å²) in [6.45, 7) is 8.91. The van der Waals surface area contributed by atoms with E-state index < -0.39 is 57.4 Å². The number of methoxy groups -OCH3 is 1. The third-order valence-electron chi connectivity index (χ3n) is 9.19. The largest absolute Gasteiger partial charge is 0.495 e. The van der Waals surface area contributed by atoms with Gasteiger partial charge < -0.3 is 30.2 Å². The lowest BCUT2D eigenvalue weighted by atomic mass is 9.90. The molecule has 4 rings (SSSR count). The van der Waals surface area contributed by atoms with Crippen molar-refractivity contribution in [2.45, 2.75) is 90.9 Å². The van der Waals surface area contributed by atoms with Crippen molar-refractivity contribution in [3.8, 4) is 5.75 Å². The van der Waals surface area contributed by atoms with Gasteiger partial charge in [0.1, 0.15) is 30.0 Å². The first kappa shape index (κ1) is 41.8. The third kappa shape index (κ3) is 12.3. The van der Waals surface area contributed by atoms with Gasteiger partial charge in [-0.3, -0.25) is 18.6 Å². The lowest BCUT2D eigenvalue weighted by Gasteiger charge is -2.30. The van der Waals surface area contributed by atoms with Gasteiger partial charge in [0.25, 0.3) is 10.1 Å². The summed E-state index contributed by atoms with van der Waals surface area (Å²) in [6.07, 6.45) is 3.08. The number of esters is 1. The van der Waals surface area contributed by atoms with Crippen molar-refractivity contribution in [3.05, 3.63) is 76.3 Å². The second-order valence-electron chi connectivity index (χ2n) is 14.7. The number of nitrogens with one attached hydrogen (secondary N) is 3. The number of benzene rings is 2. The number of hydrogen-bond acceptors (Lipinski definition) is 10. The number of epoxide rings is 1. The highest BCUT2D eigenvalue weighted by Crippen LogP contribution is 2.45. The first-order chi connectivity index (χ1) is 24.9. The van der Waals surface area contributed by atoms with Crippen LogP contribution in [0.5, 0.6) is 5.75 Å². The molecule has 0 bridgehead atoms. The highest BCUT2D eigenvalue weighted by molar-refractivity contribution is 7.85. The van der Waals surface area contributed by atoms with Crippen molar-refractivity contribution >= 4 is 45.4 Å². The Bertz CT molecular complexity index is 1780. The maximum absolute atomic E-state index is 13.8. The van der Waals surface area contributed by atoms with Gasteiger partial charge in [-0.05, 0) is 61.1 Å². The van der Waals surface area contributed by atoms with Crippen LogP contribution < -0.4 is 20.7 Å². The molecule has 0 saturated carbocycles. The molecule has 2 aromatic carbocycles. The molecule has 1 fully saturated rings. The summed E-state index contributed by atoms with van der Waals surface area (Å²) >= 11 is 6.33. The summed E-state index contributed by atoms with van der Waals surface area (Å²) in [5, 5.41) is 8.78. The van der Waals surface area contributed by atoms with Crippen molar-refractivity contribution in [2.75, 3.05) is 19.9 Å². The van der Waals surface area contributed by atoms with Crippen LogP contribution in [0.1, 0.15) is 70.3 Å². The quantitative estimate of drug-likeness (QED) is 0.171. The summed E-state index contributed by atoms with van der Waals surface area (Å²) in [5.41, 5.74) is 1.08. The van der Waals surface area contributed by atoms with Gasteiger partial charge in [-0.1, -0.05) is 68.8 Å². The Morgan fingerprint density at radius 2 is 1.66 bits per heavy atom. The fourth-order valence-electron chi connectivity index (χ4n) is 5.94. The molecule has 13 nitrogen and oxygen atoms in total. The van der Waals surface area contributed by atoms with Crippen LogP contribution in [-0.4, -0.2) is 76.3 Å². The molecule has 2 aliphatic heterocycles. The van der Waals surface area contributed by atoms with E-state index in [4.69, 9.17) is 30.0 Å². The maximum Gasteiger partial charge on any atom is 0.328 e. The van der Waals surface area contributed by atoms with Gasteiger partial charge in [-0.2, -0.15) is 8.42 Å². The molecule has 3 amide bonds. The molecule has 290 valence electrons. The van der Waals surface area contributed by atoms with E-state index in [1.807, 2.05) is 32.9 Å². The molecule has 0 aliphatic carbocycles. The standard InChI is InChI=1S/C38H50ClN3O10S/c1-22(2)17-29-36(45)51-30(23(3)33-34(52-33)26-14-11-24(12-15-26)20-50-53(7,47)48)9-8-10-32(43)41-28(19-25-13-16-31(49-6)27(39)18-25)35(44)40-21-38(4,5)37(46)42-29/h8,10-16,18,22-23,28-30,33-34H,9,17,19-21H2,1-7H3,(H,40,44)(H,41,43)(H,42,46)/b10-8+/t23-,28+,29-,30-,33+,34+/m0/s1. The summed E-state index contributed by atoms with van der Waals surface area (Å²) in [6, 6.07) is 10.3. The molecule has 0 radical (unpaired) electrons. The Morgan fingerprint density at radius 1 is 0.981 bits per heavy atom. The summed E-state index contributed by atoms with van der Waals surface area (Å²) < 4.78 is 45.0. The fourth-order valence-corrected chi connectivity index (χ4v) is 6.58. The van der Waals surface area contributed by atoms with E-state index in [0.29, 0.717) is 28.3 Å². The van der Waals surface area contributed by atoms with Gasteiger partial charge in [-0.25, -0.2) is 4.79 Å². The first-order valence-electron chi connectivity index (χ1n) is 17.5. The lowest BCUT2D eigenvalue weighted by Crippen LogP contribution is -2.54. The summed E-state index contributed by atoms with van der Waals surface area (Å²) in [4.78, 5) is 54.1. The van der Waals surface area contributed by atoms with Gasteiger partial charge in [0.2, 0.25) is 17.7 Å². The zero-order chi connectivity index (χ0) is 39.1. The Balaban J connectivity index is 1.58. The number of carbonyl (C=O) groups is 4. The summed E-state index contributed by atoms with van der Waals surface area (Å²) in [7, 11) is -2.09. The fraction of sp³-hybridized carbons (Fsp3) is 0.526. The van der Waals surface area contributed by atoms with Crippen LogP contribution in [0, 0.1) is 17.3 Å².